The summed E-state index contributed by atoms with van der Waals surface area (Å²) in [5.74, 6) is 1.08. The van der Waals surface area contributed by atoms with Crippen LogP contribution >= 0.6 is 7.75 Å². The minimum absolute atomic E-state index is 0.328. The third-order valence-corrected chi connectivity index (χ3v) is 6.33. The molecule has 27 heavy (non-hydrogen) atoms. The molecule has 2 saturated heterocycles. The van der Waals surface area contributed by atoms with Crippen LogP contribution in [0.15, 0.2) is 24.3 Å². The molecule has 0 spiro atoms. The lowest BCUT2D eigenvalue weighted by atomic mass is 10.1. The number of aliphatic hydroxyl groups is 2. The molecular formula is C17H26NO8P. The molecule has 0 saturated carbocycles. The zero-order chi connectivity index (χ0) is 19.4. The Balaban J connectivity index is 1.55. The summed E-state index contributed by atoms with van der Waals surface area (Å²) >= 11 is 0. The second-order valence-corrected chi connectivity index (χ2v) is 8.42. The molecule has 0 amide bonds. The Morgan fingerprint density at radius 1 is 1.11 bits per heavy atom. The highest BCUT2D eigenvalue weighted by molar-refractivity contribution is 7.50. The van der Waals surface area contributed by atoms with Crippen LogP contribution in [0, 0.1) is 0 Å². The number of ether oxygens (including phenoxy) is 3. The number of nitrogens with zero attached hydrogens (tertiary/aromatic N) is 1. The van der Waals surface area contributed by atoms with Crippen molar-refractivity contribution in [1.29, 1.82) is 0 Å². The van der Waals surface area contributed by atoms with Crippen LogP contribution in [0.4, 0.5) is 0 Å². The Hall–Kier alpha value is -1.19. The van der Waals surface area contributed by atoms with Crippen LogP contribution in [0.1, 0.15) is 19.3 Å². The van der Waals surface area contributed by atoms with Crippen molar-refractivity contribution in [2.24, 2.45) is 0 Å². The predicted molar refractivity (Wildman–Crippen MR) is 95.5 cm³/mol. The fourth-order valence-electron chi connectivity index (χ4n) is 3.12. The number of piperidine rings is 1. The first kappa shape index (κ1) is 20.5. The van der Waals surface area contributed by atoms with E-state index in [1.165, 1.54) is 4.67 Å². The van der Waals surface area contributed by atoms with E-state index in [2.05, 4.69) is 0 Å². The quantitative estimate of drug-likeness (QED) is 0.576. The lowest BCUT2D eigenvalue weighted by Crippen LogP contribution is -2.36. The molecule has 0 radical (unpaired) electrons. The molecule has 10 heteroatoms. The summed E-state index contributed by atoms with van der Waals surface area (Å²) in [4.78, 5) is 10.1. The first-order valence-corrected chi connectivity index (χ1v) is 10.5. The van der Waals surface area contributed by atoms with Crippen LogP contribution < -0.4 is 9.47 Å². The number of aliphatic hydroxyl groups excluding tert-OH is 2. The Morgan fingerprint density at radius 2 is 1.74 bits per heavy atom. The number of rotatable bonds is 7. The topological polar surface area (TPSA) is 118 Å². The van der Waals surface area contributed by atoms with Crippen LogP contribution in [-0.2, 0) is 13.8 Å². The Labute approximate surface area is 158 Å². The van der Waals surface area contributed by atoms with Crippen LogP contribution in [-0.4, -0.2) is 71.2 Å². The molecule has 1 aromatic rings. The standard InChI is InChI=1S/C17H26NO8P/c1-23-12-5-7-13(8-6-12)25-17-16(20)15(19)14(26-17)11-24-27(21,22)18-9-3-2-4-10-18/h5-8,14-17,19-20H,2-4,9-11H2,1H3,(H,21,22)/t14-,15-,16-,17-/m1/s1. The van der Waals surface area contributed by atoms with E-state index in [1.54, 1.807) is 31.4 Å². The van der Waals surface area contributed by atoms with Crippen molar-refractivity contribution in [2.75, 3.05) is 26.8 Å². The molecule has 0 aromatic heterocycles. The molecule has 3 rings (SSSR count). The normalized spacial score (nSPS) is 31.4. The van der Waals surface area contributed by atoms with Gasteiger partial charge in [-0.05, 0) is 37.1 Å². The van der Waals surface area contributed by atoms with Crippen molar-refractivity contribution in [1.82, 2.24) is 4.67 Å². The van der Waals surface area contributed by atoms with E-state index < -0.39 is 32.3 Å². The van der Waals surface area contributed by atoms with Crippen molar-refractivity contribution in [3.63, 3.8) is 0 Å². The summed E-state index contributed by atoms with van der Waals surface area (Å²) in [5.41, 5.74) is 0. The van der Waals surface area contributed by atoms with Gasteiger partial charge in [0.25, 0.3) is 0 Å². The van der Waals surface area contributed by atoms with Gasteiger partial charge in [-0.1, -0.05) is 6.42 Å². The SMILES string of the molecule is COc1ccc(O[C@@H]2O[C@H](COP(=O)(O)N3CCCCC3)[C@@H](O)[C@H]2O)cc1. The molecule has 2 fully saturated rings. The lowest BCUT2D eigenvalue weighted by molar-refractivity contribution is -0.115. The van der Waals surface area contributed by atoms with Gasteiger partial charge in [0.1, 0.15) is 29.8 Å². The van der Waals surface area contributed by atoms with E-state index in [4.69, 9.17) is 18.7 Å². The molecule has 3 N–H and O–H groups in total. The Bertz CT molecular complexity index is 651. The van der Waals surface area contributed by atoms with E-state index >= 15 is 0 Å². The Kier molecular flexibility index (Phi) is 6.75. The van der Waals surface area contributed by atoms with E-state index in [9.17, 15) is 19.7 Å². The van der Waals surface area contributed by atoms with Crippen LogP contribution in [0.25, 0.3) is 0 Å². The lowest BCUT2D eigenvalue weighted by Gasteiger charge is -2.30. The number of methoxy groups -OCH3 is 1. The average molecular weight is 403 g/mol. The van der Waals surface area contributed by atoms with Crippen LogP contribution in [0.3, 0.4) is 0 Å². The van der Waals surface area contributed by atoms with E-state index in [0.717, 1.165) is 19.3 Å². The van der Waals surface area contributed by atoms with Crippen LogP contribution in [0.5, 0.6) is 11.5 Å². The molecular weight excluding hydrogens is 377 g/mol. The highest BCUT2D eigenvalue weighted by atomic mass is 31.2. The fourth-order valence-corrected chi connectivity index (χ4v) is 4.41. The van der Waals surface area contributed by atoms with E-state index in [0.29, 0.717) is 24.6 Å². The van der Waals surface area contributed by atoms with Gasteiger partial charge in [0, 0.05) is 13.1 Å². The first-order chi connectivity index (χ1) is 12.9. The van der Waals surface area contributed by atoms with Crippen molar-refractivity contribution in [3.05, 3.63) is 24.3 Å². The Morgan fingerprint density at radius 3 is 2.37 bits per heavy atom. The maximum atomic E-state index is 12.4. The first-order valence-electron chi connectivity index (χ1n) is 8.96. The monoisotopic (exact) mass is 403 g/mol. The molecule has 1 unspecified atom stereocenters. The summed E-state index contributed by atoms with van der Waals surface area (Å²) in [6.45, 7) is 0.659. The maximum absolute atomic E-state index is 12.4. The van der Waals surface area contributed by atoms with Gasteiger partial charge in [-0.2, -0.15) is 0 Å². The summed E-state index contributed by atoms with van der Waals surface area (Å²) in [6.07, 6.45) is -2.00. The number of hydrogen-bond donors (Lipinski definition) is 3. The molecule has 152 valence electrons. The minimum Gasteiger partial charge on any atom is -0.497 e. The summed E-state index contributed by atoms with van der Waals surface area (Å²) < 4.78 is 35.1. The predicted octanol–water partition coefficient (Wildman–Crippen LogP) is 1.12. The van der Waals surface area contributed by atoms with Gasteiger partial charge < -0.3 is 29.3 Å². The highest BCUT2D eigenvalue weighted by Gasteiger charge is 2.45. The summed E-state index contributed by atoms with van der Waals surface area (Å²) in [7, 11) is -2.41. The third kappa shape index (κ3) is 5.00. The molecule has 1 aromatic carbocycles. The second-order valence-electron chi connectivity index (χ2n) is 6.62. The van der Waals surface area contributed by atoms with E-state index in [1.807, 2.05) is 0 Å². The molecule has 2 aliphatic rings. The van der Waals surface area contributed by atoms with Gasteiger partial charge in [-0.25, -0.2) is 9.24 Å². The van der Waals surface area contributed by atoms with Crippen LogP contribution in [0.2, 0.25) is 0 Å². The van der Waals surface area contributed by atoms with Crippen molar-refractivity contribution < 1.29 is 38.4 Å². The van der Waals surface area contributed by atoms with Gasteiger partial charge in [-0.3, -0.25) is 4.52 Å². The average Bonchev–Trinajstić information content (AvgIpc) is 2.96. The third-order valence-electron chi connectivity index (χ3n) is 4.73. The molecule has 9 nitrogen and oxygen atoms in total. The van der Waals surface area contributed by atoms with Gasteiger partial charge in [0.2, 0.25) is 6.29 Å². The number of benzene rings is 1. The van der Waals surface area contributed by atoms with Gasteiger partial charge in [-0.15, -0.1) is 0 Å². The van der Waals surface area contributed by atoms with Crippen molar-refractivity contribution in [3.8, 4) is 11.5 Å². The smallest absolute Gasteiger partial charge is 0.405 e. The number of hydrogen-bond acceptors (Lipinski definition) is 7. The zero-order valence-corrected chi connectivity index (χ0v) is 16.0. The maximum Gasteiger partial charge on any atom is 0.405 e. The minimum atomic E-state index is -3.96. The molecule has 0 aliphatic carbocycles. The van der Waals surface area contributed by atoms with Crippen molar-refractivity contribution in [2.45, 2.75) is 43.9 Å². The van der Waals surface area contributed by atoms with Gasteiger partial charge in [0.15, 0.2) is 0 Å². The van der Waals surface area contributed by atoms with Gasteiger partial charge in [0.05, 0.1) is 13.7 Å². The summed E-state index contributed by atoms with van der Waals surface area (Å²) in [6, 6.07) is 6.66. The largest absolute Gasteiger partial charge is 0.497 e. The summed E-state index contributed by atoms with van der Waals surface area (Å²) in [5, 5.41) is 20.3. The van der Waals surface area contributed by atoms with Gasteiger partial charge >= 0.3 is 7.75 Å². The zero-order valence-electron chi connectivity index (χ0n) is 15.1. The molecule has 0 bridgehead atoms. The van der Waals surface area contributed by atoms with Crippen molar-refractivity contribution >= 4 is 7.75 Å². The molecule has 2 aliphatic heterocycles. The highest BCUT2D eigenvalue weighted by Crippen LogP contribution is 2.48. The molecule has 5 atom stereocenters. The second kappa shape index (κ2) is 8.87. The molecule has 2 heterocycles. The fraction of sp³-hybridized carbons (Fsp3) is 0.647. The van der Waals surface area contributed by atoms with E-state index in [-0.39, 0.29) is 6.61 Å².